The lowest BCUT2D eigenvalue weighted by Gasteiger charge is -2.16. The molecular weight excluding hydrogens is 552 g/mol. The number of nitrogens with one attached hydrogen (secondary N) is 3. The second-order valence-electron chi connectivity index (χ2n) is 9.90. The summed E-state index contributed by atoms with van der Waals surface area (Å²) >= 11 is 0. The van der Waals surface area contributed by atoms with Gasteiger partial charge in [-0.25, -0.2) is 0 Å². The van der Waals surface area contributed by atoms with E-state index in [4.69, 9.17) is 15.0 Å². The van der Waals surface area contributed by atoms with E-state index in [1.54, 1.807) is 19.1 Å². The van der Waals surface area contributed by atoms with Crippen LogP contribution in [0, 0.1) is 12.8 Å². The molecule has 1 atom stereocenters. The number of fused-ring (bicyclic) bond motifs is 1. The Morgan fingerprint density at radius 3 is 2.33 bits per heavy atom. The lowest BCUT2D eigenvalue weighted by Crippen LogP contribution is -2.41. The van der Waals surface area contributed by atoms with Crippen molar-refractivity contribution in [3.63, 3.8) is 0 Å². The molecule has 1 heterocycles. The minimum absolute atomic E-state index is 0.225. The van der Waals surface area contributed by atoms with Crippen LogP contribution in [0.5, 0.6) is 5.75 Å². The highest BCUT2D eigenvalue weighted by atomic mass is 16.5. The van der Waals surface area contributed by atoms with Crippen LogP contribution in [-0.2, 0) is 20.8 Å². The lowest BCUT2D eigenvalue weighted by molar-refractivity contribution is -0.135. The van der Waals surface area contributed by atoms with Crippen LogP contribution in [0.4, 0.5) is 0 Å². The molecule has 224 valence electrons. The van der Waals surface area contributed by atoms with Crippen molar-refractivity contribution in [2.45, 2.75) is 26.2 Å². The molecule has 3 aromatic carbocycles. The van der Waals surface area contributed by atoms with Gasteiger partial charge in [-0.05, 0) is 47.7 Å². The summed E-state index contributed by atoms with van der Waals surface area (Å²) in [6.07, 6.45) is 1.39. The number of benzene rings is 3. The number of nitrogens with two attached hydrogens (primary N) is 1. The summed E-state index contributed by atoms with van der Waals surface area (Å²) in [7, 11) is 1.50. The fourth-order valence-corrected chi connectivity index (χ4v) is 4.44. The smallest absolute Gasteiger partial charge is 0.255 e. The molecular formula is C31H34N6O6. The average molecular weight is 587 g/mol. The van der Waals surface area contributed by atoms with Gasteiger partial charge in [-0.15, -0.1) is 0 Å². The Hall–Kier alpha value is -5.26. The van der Waals surface area contributed by atoms with E-state index in [2.05, 4.69) is 26.1 Å². The average Bonchev–Trinajstić information content (AvgIpc) is 3.45. The molecule has 12 nitrogen and oxygen atoms in total. The maximum atomic E-state index is 12.9. The van der Waals surface area contributed by atoms with E-state index < -0.39 is 17.7 Å². The van der Waals surface area contributed by atoms with Crippen molar-refractivity contribution < 1.29 is 28.4 Å². The molecule has 0 radical (unpaired) electrons. The summed E-state index contributed by atoms with van der Waals surface area (Å²) in [4.78, 5) is 53.5. The molecule has 4 amide bonds. The Morgan fingerprint density at radius 2 is 1.67 bits per heavy atom. The second-order valence-corrected chi connectivity index (χ2v) is 9.90. The first-order chi connectivity index (χ1) is 20.7. The van der Waals surface area contributed by atoms with Gasteiger partial charge >= 0.3 is 0 Å². The van der Waals surface area contributed by atoms with E-state index in [-0.39, 0.29) is 31.4 Å². The molecule has 43 heavy (non-hydrogen) atoms. The third-order valence-corrected chi connectivity index (χ3v) is 6.70. The maximum Gasteiger partial charge on any atom is 0.255 e. The van der Waals surface area contributed by atoms with E-state index in [1.165, 1.54) is 7.05 Å². The molecule has 0 spiro atoms. The highest BCUT2D eigenvalue weighted by molar-refractivity contribution is 6.03. The third-order valence-electron chi connectivity index (χ3n) is 6.70. The minimum Gasteiger partial charge on any atom is -0.493 e. The standard InChI is InChI=1S/C31H34N6O6/c1-19-36-28(37-43-19)21-11-9-20(10-12-21)15-25(29(39)33-2)31(41)34-13-5-6-14-42-26-17-23-8-4-3-7-22(23)16-24(26)30(40)35-18-27(32)38/h3-4,7-12,16-17,25H,5-6,13-15,18H2,1-2H3,(H2,32,38)(H,33,39)(H,34,41)(H,35,40). The molecule has 0 aliphatic heterocycles. The number of hydrogen-bond donors (Lipinski definition) is 4. The molecule has 4 rings (SSSR count). The maximum absolute atomic E-state index is 12.9. The van der Waals surface area contributed by atoms with Gasteiger partial charge in [0.15, 0.2) is 0 Å². The first kappa shape index (κ1) is 30.7. The number of ether oxygens (including phenoxy) is 1. The van der Waals surface area contributed by atoms with Crippen LogP contribution in [0.3, 0.4) is 0 Å². The summed E-state index contributed by atoms with van der Waals surface area (Å²) in [5.74, 6) is -1.46. The van der Waals surface area contributed by atoms with Gasteiger partial charge in [-0.2, -0.15) is 4.98 Å². The largest absolute Gasteiger partial charge is 0.493 e. The van der Waals surface area contributed by atoms with Crippen molar-refractivity contribution in [1.82, 2.24) is 26.1 Å². The van der Waals surface area contributed by atoms with Gasteiger partial charge in [-0.3, -0.25) is 19.2 Å². The zero-order valence-electron chi connectivity index (χ0n) is 24.0. The van der Waals surface area contributed by atoms with E-state index in [1.807, 2.05) is 48.5 Å². The molecule has 12 heteroatoms. The van der Waals surface area contributed by atoms with Gasteiger partial charge in [0.1, 0.15) is 11.7 Å². The predicted octanol–water partition coefficient (Wildman–Crippen LogP) is 2.29. The zero-order chi connectivity index (χ0) is 30.8. The van der Waals surface area contributed by atoms with Gasteiger partial charge < -0.3 is 30.9 Å². The van der Waals surface area contributed by atoms with Crippen LogP contribution in [0.1, 0.15) is 34.7 Å². The van der Waals surface area contributed by atoms with Gasteiger partial charge in [0.2, 0.25) is 29.4 Å². The van der Waals surface area contributed by atoms with Crippen LogP contribution in [0.15, 0.2) is 65.2 Å². The van der Waals surface area contributed by atoms with Gasteiger partial charge in [0.25, 0.3) is 5.91 Å². The zero-order valence-corrected chi connectivity index (χ0v) is 24.0. The van der Waals surface area contributed by atoms with Crippen LogP contribution in [-0.4, -0.2) is 60.5 Å². The summed E-state index contributed by atoms with van der Waals surface area (Å²) in [6, 6.07) is 18.3. The van der Waals surface area contributed by atoms with Gasteiger partial charge in [0, 0.05) is 26.1 Å². The van der Waals surface area contributed by atoms with Crippen LogP contribution in [0.2, 0.25) is 0 Å². The summed E-state index contributed by atoms with van der Waals surface area (Å²) in [6.45, 7) is 2.06. The topological polar surface area (TPSA) is 179 Å². The molecule has 1 unspecified atom stereocenters. The summed E-state index contributed by atoms with van der Waals surface area (Å²) < 4.78 is 11.0. The van der Waals surface area contributed by atoms with Crippen LogP contribution >= 0.6 is 0 Å². The summed E-state index contributed by atoms with van der Waals surface area (Å²) in [5.41, 5.74) is 7.03. The Morgan fingerprint density at radius 1 is 0.953 bits per heavy atom. The molecule has 0 aliphatic rings. The predicted molar refractivity (Wildman–Crippen MR) is 159 cm³/mol. The summed E-state index contributed by atoms with van der Waals surface area (Å²) in [5, 5.41) is 13.6. The minimum atomic E-state index is -0.904. The Balaban J connectivity index is 1.29. The Labute approximate surface area is 248 Å². The van der Waals surface area contributed by atoms with Gasteiger partial charge in [0.05, 0.1) is 18.7 Å². The van der Waals surface area contributed by atoms with Crippen LogP contribution < -0.4 is 26.4 Å². The molecule has 4 aromatic rings. The van der Waals surface area contributed by atoms with Crippen molar-refractivity contribution in [2.75, 3.05) is 26.7 Å². The molecule has 0 aliphatic carbocycles. The Kier molecular flexibility index (Phi) is 10.4. The molecule has 0 bridgehead atoms. The third kappa shape index (κ3) is 8.38. The first-order valence-corrected chi connectivity index (χ1v) is 13.9. The fourth-order valence-electron chi connectivity index (χ4n) is 4.44. The number of unbranched alkanes of at least 4 members (excludes halogenated alkanes) is 1. The molecule has 0 saturated carbocycles. The number of primary amides is 1. The van der Waals surface area contributed by atoms with Crippen molar-refractivity contribution in [3.05, 3.63) is 77.7 Å². The highest BCUT2D eigenvalue weighted by Crippen LogP contribution is 2.26. The SMILES string of the molecule is CNC(=O)C(Cc1ccc(-c2noc(C)n2)cc1)C(=O)NCCCCOc1cc2ccccc2cc1C(=O)NCC(N)=O. The molecule has 5 N–H and O–H groups in total. The quantitative estimate of drug-likeness (QED) is 0.128. The highest BCUT2D eigenvalue weighted by Gasteiger charge is 2.26. The normalized spacial score (nSPS) is 11.5. The molecule has 0 saturated heterocycles. The number of carbonyl (C=O) groups is 4. The van der Waals surface area contributed by atoms with Crippen molar-refractivity contribution >= 4 is 34.4 Å². The van der Waals surface area contributed by atoms with E-state index in [0.717, 1.165) is 21.9 Å². The lowest BCUT2D eigenvalue weighted by atomic mass is 9.96. The number of nitrogens with zero attached hydrogens (tertiary/aromatic N) is 2. The number of aromatic nitrogens is 2. The monoisotopic (exact) mass is 586 g/mol. The molecule has 1 aromatic heterocycles. The van der Waals surface area contributed by atoms with E-state index in [0.29, 0.717) is 42.4 Å². The number of hydrogen-bond acceptors (Lipinski definition) is 8. The molecule has 0 fully saturated rings. The van der Waals surface area contributed by atoms with E-state index >= 15 is 0 Å². The van der Waals surface area contributed by atoms with Gasteiger partial charge in [-0.1, -0.05) is 53.7 Å². The Bertz CT molecular complexity index is 1600. The first-order valence-electron chi connectivity index (χ1n) is 13.9. The second kappa shape index (κ2) is 14.6. The van der Waals surface area contributed by atoms with Crippen molar-refractivity contribution in [3.8, 4) is 17.1 Å². The number of carbonyl (C=O) groups excluding carboxylic acids is 4. The van der Waals surface area contributed by atoms with Crippen molar-refractivity contribution in [2.24, 2.45) is 11.7 Å². The van der Waals surface area contributed by atoms with Crippen LogP contribution in [0.25, 0.3) is 22.2 Å². The number of aryl methyl sites for hydroxylation is 1. The fraction of sp³-hybridized carbons (Fsp3) is 0.290. The van der Waals surface area contributed by atoms with Crippen molar-refractivity contribution in [1.29, 1.82) is 0 Å². The number of rotatable bonds is 14. The number of amides is 4. The van der Waals surface area contributed by atoms with E-state index in [9.17, 15) is 19.2 Å².